The molecule has 1 atom stereocenters. The SMILES string of the molecule is CCC(C)Oc1cccc(Nc2ccc(N)cc2)c1. The maximum atomic E-state index is 5.80. The van der Waals surface area contributed by atoms with Crippen LogP contribution in [-0.4, -0.2) is 6.10 Å². The minimum Gasteiger partial charge on any atom is -0.491 e. The minimum absolute atomic E-state index is 0.228. The first-order chi connectivity index (χ1) is 9.17. The Hall–Kier alpha value is -2.16. The summed E-state index contributed by atoms with van der Waals surface area (Å²) in [6.07, 6.45) is 1.22. The van der Waals surface area contributed by atoms with E-state index in [0.29, 0.717) is 0 Å². The van der Waals surface area contributed by atoms with Gasteiger partial charge in [0.05, 0.1) is 6.10 Å². The van der Waals surface area contributed by atoms with Crippen LogP contribution in [0.5, 0.6) is 5.75 Å². The van der Waals surface area contributed by atoms with Crippen molar-refractivity contribution in [2.45, 2.75) is 26.4 Å². The summed E-state index contributed by atoms with van der Waals surface area (Å²) in [4.78, 5) is 0. The topological polar surface area (TPSA) is 47.3 Å². The molecule has 19 heavy (non-hydrogen) atoms. The zero-order chi connectivity index (χ0) is 13.7. The number of ether oxygens (including phenoxy) is 1. The minimum atomic E-state index is 0.228. The van der Waals surface area contributed by atoms with Crippen LogP contribution in [0.3, 0.4) is 0 Å². The number of nitrogens with one attached hydrogen (secondary N) is 1. The van der Waals surface area contributed by atoms with Crippen molar-refractivity contribution >= 4 is 17.1 Å². The van der Waals surface area contributed by atoms with E-state index in [0.717, 1.165) is 29.2 Å². The van der Waals surface area contributed by atoms with Gasteiger partial charge in [-0.3, -0.25) is 0 Å². The van der Waals surface area contributed by atoms with E-state index < -0.39 is 0 Å². The summed E-state index contributed by atoms with van der Waals surface area (Å²) in [5.41, 5.74) is 8.44. The van der Waals surface area contributed by atoms with Crippen LogP contribution in [0.25, 0.3) is 0 Å². The van der Waals surface area contributed by atoms with Gasteiger partial charge >= 0.3 is 0 Å². The van der Waals surface area contributed by atoms with Crippen LogP contribution >= 0.6 is 0 Å². The first kappa shape index (κ1) is 13.3. The molecule has 0 bridgehead atoms. The molecule has 2 aromatic carbocycles. The molecule has 100 valence electrons. The second-order valence-corrected chi connectivity index (χ2v) is 4.61. The number of nitrogens with two attached hydrogens (primary N) is 1. The summed E-state index contributed by atoms with van der Waals surface area (Å²) >= 11 is 0. The monoisotopic (exact) mass is 256 g/mol. The number of hydrogen-bond donors (Lipinski definition) is 2. The molecule has 0 spiro atoms. The lowest BCUT2D eigenvalue weighted by molar-refractivity contribution is 0.217. The lowest BCUT2D eigenvalue weighted by Gasteiger charge is -2.14. The zero-order valence-electron chi connectivity index (χ0n) is 11.4. The summed E-state index contributed by atoms with van der Waals surface area (Å²) in [5.74, 6) is 0.884. The zero-order valence-corrected chi connectivity index (χ0v) is 11.4. The van der Waals surface area contributed by atoms with Gasteiger partial charge < -0.3 is 15.8 Å². The summed E-state index contributed by atoms with van der Waals surface area (Å²) in [6.45, 7) is 4.18. The quantitative estimate of drug-likeness (QED) is 0.788. The largest absolute Gasteiger partial charge is 0.491 e. The van der Waals surface area contributed by atoms with Crippen molar-refractivity contribution in [2.75, 3.05) is 11.1 Å². The molecule has 2 aromatic rings. The Morgan fingerprint density at radius 3 is 2.53 bits per heavy atom. The molecule has 3 nitrogen and oxygen atoms in total. The van der Waals surface area contributed by atoms with Gasteiger partial charge in [-0.05, 0) is 49.7 Å². The summed E-state index contributed by atoms with van der Waals surface area (Å²) in [5, 5.41) is 3.33. The number of hydrogen-bond acceptors (Lipinski definition) is 3. The van der Waals surface area contributed by atoms with E-state index in [2.05, 4.69) is 19.2 Å². The Bertz CT molecular complexity index is 523. The van der Waals surface area contributed by atoms with Gasteiger partial charge in [-0.2, -0.15) is 0 Å². The Balaban J connectivity index is 2.08. The third kappa shape index (κ3) is 3.91. The Morgan fingerprint density at radius 2 is 1.84 bits per heavy atom. The van der Waals surface area contributed by atoms with Gasteiger partial charge in [0.2, 0.25) is 0 Å². The van der Waals surface area contributed by atoms with E-state index in [9.17, 15) is 0 Å². The summed E-state index contributed by atoms with van der Waals surface area (Å²) < 4.78 is 5.80. The summed E-state index contributed by atoms with van der Waals surface area (Å²) in [7, 11) is 0. The number of benzene rings is 2. The number of nitrogen functional groups attached to an aromatic ring is 1. The fourth-order valence-corrected chi connectivity index (χ4v) is 1.70. The molecule has 0 aromatic heterocycles. The van der Waals surface area contributed by atoms with Crippen molar-refractivity contribution in [3.05, 3.63) is 48.5 Å². The molecule has 0 aliphatic heterocycles. The van der Waals surface area contributed by atoms with Crippen molar-refractivity contribution in [1.82, 2.24) is 0 Å². The average Bonchev–Trinajstić information content (AvgIpc) is 2.42. The van der Waals surface area contributed by atoms with Gasteiger partial charge in [-0.25, -0.2) is 0 Å². The second-order valence-electron chi connectivity index (χ2n) is 4.61. The van der Waals surface area contributed by atoms with Crippen LogP contribution in [0.1, 0.15) is 20.3 Å². The third-order valence-electron chi connectivity index (χ3n) is 2.95. The number of anilines is 3. The molecule has 0 fully saturated rings. The third-order valence-corrected chi connectivity index (χ3v) is 2.95. The predicted octanol–water partition coefficient (Wildman–Crippen LogP) is 4.19. The van der Waals surface area contributed by atoms with Crippen LogP contribution < -0.4 is 15.8 Å². The molecule has 0 radical (unpaired) electrons. The van der Waals surface area contributed by atoms with Crippen LogP contribution in [0.4, 0.5) is 17.1 Å². The van der Waals surface area contributed by atoms with Crippen LogP contribution in [-0.2, 0) is 0 Å². The van der Waals surface area contributed by atoms with Gasteiger partial charge in [0.1, 0.15) is 5.75 Å². The molecule has 0 saturated heterocycles. The fourth-order valence-electron chi connectivity index (χ4n) is 1.70. The van der Waals surface area contributed by atoms with Crippen molar-refractivity contribution in [3.8, 4) is 5.75 Å². The highest BCUT2D eigenvalue weighted by molar-refractivity contribution is 5.62. The molecule has 0 aliphatic rings. The standard InChI is InChI=1S/C16H20N2O/c1-3-12(2)19-16-6-4-5-15(11-16)18-14-9-7-13(17)8-10-14/h4-12,18H,3,17H2,1-2H3. The molecule has 1 unspecified atom stereocenters. The van der Waals surface area contributed by atoms with E-state index in [-0.39, 0.29) is 6.10 Å². The molecular weight excluding hydrogens is 236 g/mol. The first-order valence-electron chi connectivity index (χ1n) is 6.56. The molecule has 0 saturated carbocycles. The molecule has 0 aliphatic carbocycles. The van der Waals surface area contributed by atoms with Gasteiger partial charge in [0.25, 0.3) is 0 Å². The van der Waals surface area contributed by atoms with E-state index in [4.69, 9.17) is 10.5 Å². The van der Waals surface area contributed by atoms with Crippen LogP contribution in [0, 0.1) is 0 Å². The van der Waals surface area contributed by atoms with Gasteiger partial charge in [0, 0.05) is 23.1 Å². The van der Waals surface area contributed by atoms with Gasteiger partial charge in [0.15, 0.2) is 0 Å². The van der Waals surface area contributed by atoms with Crippen LogP contribution in [0.15, 0.2) is 48.5 Å². The molecule has 0 amide bonds. The highest BCUT2D eigenvalue weighted by Crippen LogP contribution is 2.23. The number of rotatable bonds is 5. The van der Waals surface area contributed by atoms with Gasteiger partial charge in [-0.1, -0.05) is 13.0 Å². The Morgan fingerprint density at radius 1 is 1.11 bits per heavy atom. The summed E-state index contributed by atoms with van der Waals surface area (Å²) in [6, 6.07) is 15.6. The van der Waals surface area contributed by atoms with E-state index in [1.807, 2.05) is 48.5 Å². The molecule has 0 heterocycles. The van der Waals surface area contributed by atoms with E-state index >= 15 is 0 Å². The lowest BCUT2D eigenvalue weighted by Crippen LogP contribution is -2.09. The molecule has 2 rings (SSSR count). The maximum absolute atomic E-state index is 5.80. The van der Waals surface area contributed by atoms with Gasteiger partial charge in [-0.15, -0.1) is 0 Å². The van der Waals surface area contributed by atoms with Crippen molar-refractivity contribution in [1.29, 1.82) is 0 Å². The molecule has 3 heteroatoms. The first-order valence-corrected chi connectivity index (χ1v) is 6.56. The molecule has 3 N–H and O–H groups in total. The highest BCUT2D eigenvalue weighted by Gasteiger charge is 2.02. The highest BCUT2D eigenvalue weighted by atomic mass is 16.5. The maximum Gasteiger partial charge on any atom is 0.121 e. The lowest BCUT2D eigenvalue weighted by atomic mass is 10.2. The van der Waals surface area contributed by atoms with E-state index in [1.54, 1.807) is 0 Å². The smallest absolute Gasteiger partial charge is 0.121 e. The Labute approximate surface area is 114 Å². The normalized spacial score (nSPS) is 11.9. The molecular formula is C16H20N2O. The van der Waals surface area contributed by atoms with Crippen molar-refractivity contribution in [2.24, 2.45) is 0 Å². The van der Waals surface area contributed by atoms with Crippen molar-refractivity contribution in [3.63, 3.8) is 0 Å². The van der Waals surface area contributed by atoms with Crippen LogP contribution in [0.2, 0.25) is 0 Å². The van der Waals surface area contributed by atoms with E-state index in [1.165, 1.54) is 0 Å². The fraction of sp³-hybridized carbons (Fsp3) is 0.250. The Kier molecular flexibility index (Phi) is 4.29. The van der Waals surface area contributed by atoms with Crippen molar-refractivity contribution < 1.29 is 4.74 Å². The average molecular weight is 256 g/mol. The second kappa shape index (κ2) is 6.14. The predicted molar refractivity (Wildman–Crippen MR) is 81.0 cm³/mol.